The van der Waals surface area contributed by atoms with Gasteiger partial charge in [0.25, 0.3) is 0 Å². The van der Waals surface area contributed by atoms with Crippen LogP contribution in [0, 0.1) is 0 Å². The average Bonchev–Trinajstić information content (AvgIpc) is 2.47. The number of hydrogen-bond donors (Lipinski definition) is 1. The lowest BCUT2D eigenvalue weighted by molar-refractivity contribution is 0.295. The number of halogens is 3. The lowest BCUT2D eigenvalue weighted by atomic mass is 9.85. The van der Waals surface area contributed by atoms with Gasteiger partial charge >= 0.3 is 0 Å². The standard InChI is InChI=1S/C17H18Cl2N2O2S.ClH/c1-21-9-15(14-7-12(18)8-17(19)16(14)10-21)11-3-5-13(6-4-11)20-24(2,22)23;/h3-8,15,20H,9-10H2,1-2H3;1H. The van der Waals surface area contributed by atoms with Crippen LogP contribution in [0.3, 0.4) is 0 Å². The van der Waals surface area contributed by atoms with Crippen LogP contribution in [0.5, 0.6) is 0 Å². The minimum absolute atomic E-state index is 0. The molecule has 2 aromatic rings. The topological polar surface area (TPSA) is 49.4 Å². The first kappa shape index (κ1) is 20.3. The summed E-state index contributed by atoms with van der Waals surface area (Å²) in [7, 11) is -1.22. The molecular weight excluding hydrogens is 403 g/mol. The van der Waals surface area contributed by atoms with Gasteiger partial charge in [-0.2, -0.15) is 0 Å². The largest absolute Gasteiger partial charge is 0.301 e. The maximum Gasteiger partial charge on any atom is 0.229 e. The number of likely N-dealkylation sites (N-methyl/N-ethyl adjacent to an activating group) is 1. The molecule has 1 unspecified atom stereocenters. The van der Waals surface area contributed by atoms with Crippen molar-refractivity contribution in [2.24, 2.45) is 0 Å². The van der Waals surface area contributed by atoms with Crippen molar-refractivity contribution < 1.29 is 8.42 Å². The van der Waals surface area contributed by atoms with Crippen LogP contribution in [0.4, 0.5) is 5.69 Å². The number of nitrogens with one attached hydrogen (secondary N) is 1. The molecule has 0 fully saturated rings. The van der Waals surface area contributed by atoms with Gasteiger partial charge in [-0.25, -0.2) is 8.42 Å². The number of benzene rings is 2. The van der Waals surface area contributed by atoms with E-state index in [2.05, 4.69) is 16.7 Å². The summed E-state index contributed by atoms with van der Waals surface area (Å²) < 4.78 is 25.1. The highest BCUT2D eigenvalue weighted by atomic mass is 35.5. The molecule has 0 radical (unpaired) electrons. The molecule has 136 valence electrons. The Morgan fingerprint density at radius 1 is 1.16 bits per heavy atom. The fraction of sp³-hybridized carbons (Fsp3) is 0.294. The smallest absolute Gasteiger partial charge is 0.229 e. The van der Waals surface area contributed by atoms with Crippen LogP contribution in [-0.2, 0) is 16.6 Å². The van der Waals surface area contributed by atoms with Crippen LogP contribution < -0.4 is 4.72 Å². The monoisotopic (exact) mass is 420 g/mol. The maximum atomic E-state index is 11.3. The molecule has 25 heavy (non-hydrogen) atoms. The van der Waals surface area contributed by atoms with Crippen molar-refractivity contribution in [3.63, 3.8) is 0 Å². The third-order valence-electron chi connectivity index (χ3n) is 4.11. The summed E-state index contributed by atoms with van der Waals surface area (Å²) in [6.45, 7) is 1.64. The lowest BCUT2D eigenvalue weighted by Crippen LogP contribution is -2.31. The van der Waals surface area contributed by atoms with Gasteiger partial charge in [-0.3, -0.25) is 4.72 Å². The molecule has 1 atom stereocenters. The van der Waals surface area contributed by atoms with E-state index in [1.165, 1.54) is 0 Å². The Labute approximate surface area is 164 Å². The van der Waals surface area contributed by atoms with Crippen LogP contribution in [0.2, 0.25) is 10.0 Å². The maximum absolute atomic E-state index is 11.3. The molecule has 1 N–H and O–H groups in total. The van der Waals surface area contributed by atoms with E-state index < -0.39 is 10.0 Å². The third-order valence-corrected chi connectivity index (χ3v) is 5.27. The Kier molecular flexibility index (Phi) is 6.28. The van der Waals surface area contributed by atoms with Crippen molar-refractivity contribution in [1.29, 1.82) is 0 Å². The molecule has 1 aliphatic heterocycles. The van der Waals surface area contributed by atoms with Crippen LogP contribution in [0.1, 0.15) is 22.6 Å². The fourth-order valence-electron chi connectivity index (χ4n) is 3.13. The van der Waals surface area contributed by atoms with Gasteiger partial charge in [0.2, 0.25) is 10.0 Å². The number of rotatable bonds is 3. The molecule has 2 aromatic carbocycles. The van der Waals surface area contributed by atoms with Gasteiger partial charge in [0.15, 0.2) is 0 Å². The molecule has 8 heteroatoms. The van der Waals surface area contributed by atoms with Crippen molar-refractivity contribution in [2.75, 3.05) is 24.6 Å². The van der Waals surface area contributed by atoms with Gasteiger partial charge < -0.3 is 4.90 Å². The molecule has 1 heterocycles. The summed E-state index contributed by atoms with van der Waals surface area (Å²) in [4.78, 5) is 2.22. The van der Waals surface area contributed by atoms with Gasteiger partial charge in [-0.15, -0.1) is 12.4 Å². The quantitative estimate of drug-likeness (QED) is 0.801. The van der Waals surface area contributed by atoms with Crippen molar-refractivity contribution in [3.05, 3.63) is 63.1 Å². The van der Waals surface area contributed by atoms with Crippen molar-refractivity contribution >= 4 is 51.3 Å². The minimum Gasteiger partial charge on any atom is -0.301 e. The van der Waals surface area contributed by atoms with Crippen LogP contribution in [-0.4, -0.2) is 33.2 Å². The zero-order valence-corrected chi connectivity index (χ0v) is 16.9. The Morgan fingerprint density at radius 3 is 2.40 bits per heavy atom. The number of sulfonamides is 1. The van der Waals surface area contributed by atoms with E-state index in [1.54, 1.807) is 18.2 Å². The summed E-state index contributed by atoms with van der Waals surface area (Å²) in [5.41, 5.74) is 3.88. The highest BCUT2D eigenvalue weighted by Gasteiger charge is 2.27. The highest BCUT2D eigenvalue weighted by Crippen LogP contribution is 2.38. The second kappa shape index (κ2) is 7.72. The van der Waals surface area contributed by atoms with E-state index in [0.29, 0.717) is 15.7 Å². The van der Waals surface area contributed by atoms with Crippen LogP contribution >= 0.6 is 35.6 Å². The molecule has 0 aromatic heterocycles. The first-order chi connectivity index (χ1) is 11.2. The van der Waals surface area contributed by atoms with Crippen molar-refractivity contribution in [2.45, 2.75) is 12.5 Å². The van der Waals surface area contributed by atoms with Gasteiger partial charge in [0.05, 0.1) is 6.26 Å². The van der Waals surface area contributed by atoms with Crippen LogP contribution in [0.25, 0.3) is 0 Å². The number of anilines is 1. The SMILES string of the molecule is CN1Cc2c(Cl)cc(Cl)cc2C(c2ccc(NS(C)(=O)=O)cc2)C1.Cl. The zero-order valence-electron chi connectivity index (χ0n) is 13.8. The summed E-state index contributed by atoms with van der Waals surface area (Å²) in [6.07, 6.45) is 1.14. The lowest BCUT2D eigenvalue weighted by Gasteiger charge is -2.33. The second-order valence-corrected chi connectivity index (χ2v) is 8.79. The number of fused-ring (bicyclic) bond motifs is 1. The van der Waals surface area contributed by atoms with E-state index in [-0.39, 0.29) is 18.3 Å². The van der Waals surface area contributed by atoms with Crippen LogP contribution in [0.15, 0.2) is 36.4 Å². The summed E-state index contributed by atoms with van der Waals surface area (Å²) in [5.74, 6) is 0.141. The van der Waals surface area contributed by atoms with Gasteiger partial charge in [0, 0.05) is 34.7 Å². The molecule has 0 amide bonds. The zero-order chi connectivity index (χ0) is 17.5. The molecule has 0 saturated carbocycles. The van der Waals surface area contributed by atoms with E-state index in [1.807, 2.05) is 18.2 Å². The molecule has 0 spiro atoms. The Hall–Kier alpha value is -0.980. The van der Waals surface area contributed by atoms with Gasteiger partial charge in [0.1, 0.15) is 0 Å². The Morgan fingerprint density at radius 2 is 1.80 bits per heavy atom. The third kappa shape index (κ3) is 4.80. The molecule has 4 nitrogen and oxygen atoms in total. The molecule has 0 saturated heterocycles. The summed E-state index contributed by atoms with van der Waals surface area (Å²) in [5, 5.41) is 1.31. The molecular formula is C17H19Cl3N2O2S. The predicted octanol–water partition coefficient (Wildman–Crippen LogP) is 4.36. The highest BCUT2D eigenvalue weighted by molar-refractivity contribution is 7.92. The molecule has 3 rings (SSSR count). The van der Waals surface area contributed by atoms with Crippen molar-refractivity contribution in [3.8, 4) is 0 Å². The van der Waals surface area contributed by atoms with Crippen molar-refractivity contribution in [1.82, 2.24) is 4.90 Å². The van der Waals surface area contributed by atoms with Gasteiger partial charge in [-0.05, 0) is 48.0 Å². The first-order valence-corrected chi connectivity index (χ1v) is 10.1. The Bertz CT molecular complexity index is 870. The molecule has 1 aliphatic rings. The number of nitrogens with zero attached hydrogens (tertiary/aromatic N) is 1. The Balaban J connectivity index is 0.00000225. The number of hydrogen-bond acceptors (Lipinski definition) is 3. The summed E-state index contributed by atoms with van der Waals surface area (Å²) >= 11 is 12.6. The fourth-order valence-corrected chi connectivity index (χ4v) is 4.26. The minimum atomic E-state index is -3.28. The molecule has 0 bridgehead atoms. The van der Waals surface area contributed by atoms with E-state index in [4.69, 9.17) is 23.2 Å². The first-order valence-electron chi connectivity index (χ1n) is 7.47. The van der Waals surface area contributed by atoms with E-state index in [0.717, 1.165) is 36.0 Å². The average molecular weight is 422 g/mol. The molecule has 0 aliphatic carbocycles. The van der Waals surface area contributed by atoms with E-state index in [9.17, 15) is 8.42 Å². The van der Waals surface area contributed by atoms with Gasteiger partial charge in [-0.1, -0.05) is 35.3 Å². The second-order valence-electron chi connectivity index (χ2n) is 6.20. The normalized spacial score (nSPS) is 17.5. The predicted molar refractivity (Wildman–Crippen MR) is 107 cm³/mol. The summed E-state index contributed by atoms with van der Waals surface area (Å²) in [6, 6.07) is 11.2. The van der Waals surface area contributed by atoms with E-state index >= 15 is 0 Å².